The second-order valence-corrected chi connectivity index (χ2v) is 6.18. The minimum Gasteiger partial charge on any atom is -0.221 e. The Bertz CT molecular complexity index is 539. The molecule has 2 nitrogen and oxygen atoms in total. The summed E-state index contributed by atoms with van der Waals surface area (Å²) in [5.74, 6) is 0.713. The molecular formula is C12H9Br3N2. The van der Waals surface area contributed by atoms with E-state index in [-0.39, 0.29) is 0 Å². The van der Waals surface area contributed by atoms with Crippen LogP contribution in [0.1, 0.15) is 11.1 Å². The molecular weight excluding hydrogens is 412 g/mol. The van der Waals surface area contributed by atoms with Gasteiger partial charge in [-0.25, -0.2) is 9.97 Å². The third kappa shape index (κ3) is 2.95. The van der Waals surface area contributed by atoms with Gasteiger partial charge in [-0.05, 0) is 69.0 Å². The maximum atomic E-state index is 4.38. The number of aryl methyl sites for hydroxylation is 2. The molecule has 0 unspecified atom stereocenters. The van der Waals surface area contributed by atoms with Crippen molar-refractivity contribution >= 4 is 47.8 Å². The summed E-state index contributed by atoms with van der Waals surface area (Å²) in [4.78, 5) is 8.75. The van der Waals surface area contributed by atoms with Gasteiger partial charge in [0.15, 0.2) is 5.82 Å². The SMILES string of the molecule is Cc1cc(-c2nc(Br)cc(Br)n2)cc(C)c1Br. The van der Waals surface area contributed by atoms with Crippen LogP contribution in [0.5, 0.6) is 0 Å². The van der Waals surface area contributed by atoms with Gasteiger partial charge in [-0.2, -0.15) is 0 Å². The van der Waals surface area contributed by atoms with Gasteiger partial charge in [-0.3, -0.25) is 0 Å². The zero-order valence-corrected chi connectivity index (χ0v) is 14.0. The van der Waals surface area contributed by atoms with Crippen LogP contribution >= 0.6 is 47.8 Å². The van der Waals surface area contributed by atoms with Crippen molar-refractivity contribution in [2.45, 2.75) is 13.8 Å². The van der Waals surface area contributed by atoms with E-state index in [4.69, 9.17) is 0 Å². The Morgan fingerprint density at radius 3 is 1.76 bits per heavy atom. The van der Waals surface area contributed by atoms with Crippen LogP contribution in [0.3, 0.4) is 0 Å². The Labute approximate surface area is 125 Å². The molecule has 0 amide bonds. The standard InChI is InChI=1S/C12H9Br3N2/c1-6-3-8(4-7(2)11(6)15)12-16-9(13)5-10(14)17-12/h3-5H,1-2H3. The summed E-state index contributed by atoms with van der Waals surface area (Å²) in [6, 6.07) is 5.97. The molecule has 0 aliphatic rings. The Hall–Kier alpha value is -0.260. The van der Waals surface area contributed by atoms with E-state index in [1.54, 1.807) is 0 Å². The highest BCUT2D eigenvalue weighted by molar-refractivity contribution is 9.11. The topological polar surface area (TPSA) is 25.8 Å². The van der Waals surface area contributed by atoms with Crippen LogP contribution in [0.25, 0.3) is 11.4 Å². The molecule has 1 aromatic carbocycles. The minimum absolute atomic E-state index is 0.713. The quantitative estimate of drug-likeness (QED) is 0.603. The van der Waals surface area contributed by atoms with Gasteiger partial charge in [0, 0.05) is 16.1 Å². The van der Waals surface area contributed by atoms with Gasteiger partial charge in [-0.15, -0.1) is 0 Å². The Morgan fingerprint density at radius 2 is 1.29 bits per heavy atom. The molecule has 0 fully saturated rings. The molecule has 1 heterocycles. The van der Waals surface area contributed by atoms with E-state index in [1.807, 2.05) is 6.07 Å². The Morgan fingerprint density at radius 1 is 0.824 bits per heavy atom. The minimum atomic E-state index is 0.713. The van der Waals surface area contributed by atoms with Gasteiger partial charge >= 0.3 is 0 Å². The van der Waals surface area contributed by atoms with E-state index >= 15 is 0 Å². The first-order valence-corrected chi connectivity index (χ1v) is 7.32. The maximum absolute atomic E-state index is 4.38. The maximum Gasteiger partial charge on any atom is 0.161 e. The number of rotatable bonds is 1. The molecule has 5 heteroatoms. The van der Waals surface area contributed by atoms with E-state index in [0.29, 0.717) is 5.82 Å². The third-order valence-corrected chi connectivity index (χ3v) is 4.42. The lowest BCUT2D eigenvalue weighted by Crippen LogP contribution is -1.93. The largest absolute Gasteiger partial charge is 0.221 e. The summed E-state index contributed by atoms with van der Waals surface area (Å²) in [5, 5.41) is 0. The number of nitrogens with zero attached hydrogens (tertiary/aromatic N) is 2. The average molecular weight is 421 g/mol. The summed E-state index contributed by atoms with van der Waals surface area (Å²) < 4.78 is 2.68. The number of benzene rings is 1. The van der Waals surface area contributed by atoms with E-state index in [0.717, 1.165) is 19.2 Å². The fourth-order valence-electron chi connectivity index (χ4n) is 1.59. The first kappa shape index (κ1) is 13.2. The fourth-order valence-corrected chi connectivity index (χ4v) is 2.90. The second kappa shape index (κ2) is 5.16. The molecule has 0 saturated heterocycles. The molecule has 0 spiro atoms. The van der Waals surface area contributed by atoms with Gasteiger partial charge < -0.3 is 0 Å². The van der Waals surface area contributed by atoms with Crippen LogP contribution < -0.4 is 0 Å². The van der Waals surface area contributed by atoms with Crippen molar-refractivity contribution in [1.82, 2.24) is 9.97 Å². The van der Waals surface area contributed by atoms with Gasteiger partial charge in [-0.1, -0.05) is 15.9 Å². The molecule has 0 saturated carbocycles. The van der Waals surface area contributed by atoms with Crippen molar-refractivity contribution in [3.05, 3.63) is 43.0 Å². The highest BCUT2D eigenvalue weighted by Crippen LogP contribution is 2.28. The molecule has 0 aliphatic carbocycles. The lowest BCUT2D eigenvalue weighted by Gasteiger charge is -2.07. The summed E-state index contributed by atoms with van der Waals surface area (Å²) >= 11 is 10.3. The summed E-state index contributed by atoms with van der Waals surface area (Å²) in [6.07, 6.45) is 0. The highest BCUT2D eigenvalue weighted by Gasteiger charge is 2.08. The van der Waals surface area contributed by atoms with Crippen LogP contribution in [0.4, 0.5) is 0 Å². The zero-order chi connectivity index (χ0) is 12.6. The van der Waals surface area contributed by atoms with Gasteiger partial charge in [0.05, 0.1) is 0 Å². The molecule has 0 atom stereocenters. The monoisotopic (exact) mass is 418 g/mol. The van der Waals surface area contributed by atoms with Crippen LogP contribution in [-0.2, 0) is 0 Å². The smallest absolute Gasteiger partial charge is 0.161 e. The van der Waals surface area contributed by atoms with Crippen molar-refractivity contribution in [2.24, 2.45) is 0 Å². The van der Waals surface area contributed by atoms with Gasteiger partial charge in [0.2, 0.25) is 0 Å². The lowest BCUT2D eigenvalue weighted by atomic mass is 10.1. The number of hydrogen-bond donors (Lipinski definition) is 0. The van der Waals surface area contributed by atoms with Crippen molar-refractivity contribution in [3.63, 3.8) is 0 Å². The van der Waals surface area contributed by atoms with Crippen LogP contribution in [0, 0.1) is 13.8 Å². The molecule has 0 radical (unpaired) electrons. The average Bonchev–Trinajstić information content (AvgIpc) is 2.23. The Kier molecular flexibility index (Phi) is 4.00. The zero-order valence-electron chi connectivity index (χ0n) is 9.26. The van der Waals surface area contributed by atoms with Gasteiger partial charge in [0.25, 0.3) is 0 Å². The molecule has 1 aromatic heterocycles. The van der Waals surface area contributed by atoms with Crippen molar-refractivity contribution in [2.75, 3.05) is 0 Å². The predicted octanol–water partition coefficient (Wildman–Crippen LogP) is 5.05. The molecule has 17 heavy (non-hydrogen) atoms. The van der Waals surface area contributed by atoms with E-state index in [1.165, 1.54) is 11.1 Å². The molecule has 88 valence electrons. The van der Waals surface area contributed by atoms with E-state index in [2.05, 4.69) is 83.7 Å². The van der Waals surface area contributed by atoms with E-state index in [9.17, 15) is 0 Å². The number of hydrogen-bond acceptors (Lipinski definition) is 2. The first-order chi connectivity index (χ1) is 7.97. The van der Waals surface area contributed by atoms with Crippen molar-refractivity contribution < 1.29 is 0 Å². The van der Waals surface area contributed by atoms with Crippen LogP contribution in [-0.4, -0.2) is 9.97 Å². The Balaban J connectivity index is 2.60. The van der Waals surface area contributed by atoms with E-state index < -0.39 is 0 Å². The summed E-state index contributed by atoms with van der Waals surface area (Å²) in [6.45, 7) is 4.13. The van der Waals surface area contributed by atoms with Crippen molar-refractivity contribution in [1.29, 1.82) is 0 Å². The van der Waals surface area contributed by atoms with Crippen LogP contribution in [0.2, 0.25) is 0 Å². The molecule has 0 aliphatic heterocycles. The number of aromatic nitrogens is 2. The normalized spacial score (nSPS) is 10.6. The lowest BCUT2D eigenvalue weighted by molar-refractivity contribution is 1.12. The predicted molar refractivity (Wildman–Crippen MR) is 80.0 cm³/mol. The first-order valence-electron chi connectivity index (χ1n) is 4.94. The molecule has 0 N–H and O–H groups in total. The van der Waals surface area contributed by atoms with Crippen LogP contribution in [0.15, 0.2) is 31.9 Å². The van der Waals surface area contributed by atoms with Gasteiger partial charge in [0.1, 0.15) is 9.21 Å². The highest BCUT2D eigenvalue weighted by atomic mass is 79.9. The summed E-state index contributed by atoms with van der Waals surface area (Å²) in [5.41, 5.74) is 3.38. The molecule has 2 aromatic rings. The summed E-state index contributed by atoms with van der Waals surface area (Å²) in [7, 11) is 0. The molecule has 0 bridgehead atoms. The second-order valence-electron chi connectivity index (χ2n) is 3.76. The van der Waals surface area contributed by atoms with Crippen molar-refractivity contribution in [3.8, 4) is 11.4 Å². The fraction of sp³-hybridized carbons (Fsp3) is 0.167. The number of halogens is 3. The third-order valence-electron chi connectivity index (χ3n) is 2.36. The molecule has 2 rings (SSSR count).